The van der Waals surface area contributed by atoms with Crippen LogP contribution < -0.4 is 10.6 Å². The van der Waals surface area contributed by atoms with E-state index in [0.717, 1.165) is 36.6 Å². The van der Waals surface area contributed by atoms with Gasteiger partial charge in [0.2, 0.25) is 11.8 Å². The first-order valence-corrected chi connectivity index (χ1v) is 8.73. The summed E-state index contributed by atoms with van der Waals surface area (Å²) in [5.41, 5.74) is 2.46. The Hall–Kier alpha value is -1.36. The first-order chi connectivity index (χ1) is 10.6. The highest BCUT2D eigenvalue weighted by atomic mass is 79.9. The summed E-state index contributed by atoms with van der Waals surface area (Å²) in [7, 11) is 0. The van der Waals surface area contributed by atoms with Crippen molar-refractivity contribution < 1.29 is 9.59 Å². The molecule has 5 heteroatoms. The van der Waals surface area contributed by atoms with Crippen molar-refractivity contribution in [2.45, 2.75) is 51.1 Å². The van der Waals surface area contributed by atoms with Gasteiger partial charge in [-0.25, -0.2) is 0 Å². The van der Waals surface area contributed by atoms with Gasteiger partial charge in [0.25, 0.3) is 0 Å². The molecular weight excluding hydrogens is 344 g/mol. The third-order valence-corrected chi connectivity index (χ3v) is 5.50. The molecule has 2 N–H and O–H groups in total. The Kier molecular flexibility index (Phi) is 4.52. The van der Waals surface area contributed by atoms with Gasteiger partial charge in [-0.1, -0.05) is 34.5 Å². The molecule has 118 valence electrons. The molecule has 1 aromatic carbocycles. The summed E-state index contributed by atoms with van der Waals surface area (Å²) >= 11 is 3.56. The zero-order chi connectivity index (χ0) is 15.7. The molecule has 1 fully saturated rings. The van der Waals surface area contributed by atoms with E-state index in [1.165, 1.54) is 11.1 Å². The normalized spacial score (nSPS) is 21.6. The number of amides is 2. The van der Waals surface area contributed by atoms with Crippen molar-refractivity contribution in [2.75, 3.05) is 0 Å². The number of hydrogen-bond acceptors (Lipinski definition) is 2. The van der Waals surface area contributed by atoms with Crippen LogP contribution in [0.4, 0.5) is 0 Å². The van der Waals surface area contributed by atoms with Gasteiger partial charge in [0.1, 0.15) is 6.04 Å². The van der Waals surface area contributed by atoms with Crippen LogP contribution in [0.1, 0.15) is 49.8 Å². The van der Waals surface area contributed by atoms with Crippen LogP contribution in [0.15, 0.2) is 22.7 Å². The van der Waals surface area contributed by atoms with Gasteiger partial charge < -0.3 is 10.6 Å². The van der Waals surface area contributed by atoms with E-state index in [1.54, 1.807) is 6.92 Å². The summed E-state index contributed by atoms with van der Waals surface area (Å²) in [5.74, 6) is 0.0207. The van der Waals surface area contributed by atoms with Crippen molar-refractivity contribution >= 4 is 27.7 Å². The molecule has 0 spiro atoms. The lowest BCUT2D eigenvalue weighted by molar-refractivity contribution is -0.132. The van der Waals surface area contributed by atoms with E-state index in [1.807, 2.05) is 12.1 Å². The smallest absolute Gasteiger partial charge is 0.242 e. The number of nitrogens with one attached hydrogen (secondary N) is 2. The maximum absolute atomic E-state index is 12.3. The van der Waals surface area contributed by atoms with Crippen molar-refractivity contribution in [2.24, 2.45) is 5.92 Å². The Morgan fingerprint density at radius 3 is 2.73 bits per heavy atom. The Morgan fingerprint density at radius 1 is 1.27 bits per heavy atom. The standard InChI is InChI=1S/C17H21BrN2O2/c1-10(19-17(22)11-4-2-5-11)16(21)20-15-9-8-12-13(15)6-3-7-14(12)18/h3,6-7,10-11,15H,2,4-5,8-9H2,1H3,(H,19,22)(H,20,21)/t10-,15+/m1/s1. The molecule has 0 aliphatic heterocycles. The molecule has 0 heterocycles. The number of halogens is 1. The van der Waals surface area contributed by atoms with Crippen molar-refractivity contribution in [1.29, 1.82) is 0 Å². The molecule has 0 radical (unpaired) electrons. The molecule has 1 saturated carbocycles. The summed E-state index contributed by atoms with van der Waals surface area (Å²) in [5, 5.41) is 5.90. The fraction of sp³-hybridized carbons (Fsp3) is 0.529. The number of carbonyl (C=O) groups excluding carboxylic acids is 2. The molecule has 4 nitrogen and oxygen atoms in total. The highest BCUT2D eigenvalue weighted by Gasteiger charge is 2.30. The Morgan fingerprint density at radius 2 is 2.05 bits per heavy atom. The van der Waals surface area contributed by atoms with Crippen LogP contribution in [0.2, 0.25) is 0 Å². The second-order valence-electron chi connectivity index (χ2n) is 6.27. The van der Waals surface area contributed by atoms with E-state index in [9.17, 15) is 9.59 Å². The number of carbonyl (C=O) groups is 2. The predicted octanol–water partition coefficient (Wildman–Crippen LogP) is 2.86. The minimum Gasteiger partial charge on any atom is -0.348 e. The number of rotatable bonds is 4. The van der Waals surface area contributed by atoms with Gasteiger partial charge in [-0.05, 0) is 49.8 Å². The van der Waals surface area contributed by atoms with Crippen LogP contribution in [0.5, 0.6) is 0 Å². The lowest BCUT2D eigenvalue weighted by atomic mass is 9.84. The van der Waals surface area contributed by atoms with Gasteiger partial charge in [-0.2, -0.15) is 0 Å². The molecular formula is C17H21BrN2O2. The summed E-state index contributed by atoms with van der Waals surface area (Å²) in [4.78, 5) is 24.2. The minimum atomic E-state index is -0.482. The van der Waals surface area contributed by atoms with E-state index in [4.69, 9.17) is 0 Å². The third kappa shape index (κ3) is 3.05. The second-order valence-corrected chi connectivity index (χ2v) is 7.12. The van der Waals surface area contributed by atoms with Gasteiger partial charge >= 0.3 is 0 Å². The second kappa shape index (κ2) is 6.41. The zero-order valence-corrected chi connectivity index (χ0v) is 14.3. The molecule has 3 rings (SSSR count). The van der Waals surface area contributed by atoms with Crippen molar-refractivity contribution in [1.82, 2.24) is 10.6 Å². The quantitative estimate of drug-likeness (QED) is 0.862. The van der Waals surface area contributed by atoms with Gasteiger partial charge in [-0.15, -0.1) is 0 Å². The van der Waals surface area contributed by atoms with Crippen LogP contribution in [-0.2, 0) is 16.0 Å². The average Bonchev–Trinajstić information content (AvgIpc) is 2.81. The largest absolute Gasteiger partial charge is 0.348 e. The van der Waals surface area contributed by atoms with Gasteiger partial charge in [0, 0.05) is 10.4 Å². The highest BCUT2D eigenvalue weighted by molar-refractivity contribution is 9.10. The number of fused-ring (bicyclic) bond motifs is 1. The van der Waals surface area contributed by atoms with Crippen LogP contribution in [0.25, 0.3) is 0 Å². The van der Waals surface area contributed by atoms with Gasteiger partial charge in [0.05, 0.1) is 6.04 Å². The fourth-order valence-electron chi connectivity index (χ4n) is 3.12. The van der Waals surface area contributed by atoms with Crippen LogP contribution in [-0.4, -0.2) is 17.9 Å². The van der Waals surface area contributed by atoms with Crippen LogP contribution >= 0.6 is 15.9 Å². The van der Waals surface area contributed by atoms with E-state index < -0.39 is 6.04 Å². The Labute approximate surface area is 139 Å². The molecule has 0 aromatic heterocycles. The topological polar surface area (TPSA) is 58.2 Å². The molecule has 22 heavy (non-hydrogen) atoms. The summed E-state index contributed by atoms with van der Waals surface area (Å²) in [6, 6.07) is 5.65. The lowest BCUT2D eigenvalue weighted by Gasteiger charge is -2.26. The SMILES string of the molecule is C[C@@H](NC(=O)C1CCC1)C(=O)N[C@H]1CCc2c(Br)cccc21. The van der Waals surface area contributed by atoms with Crippen molar-refractivity contribution in [3.63, 3.8) is 0 Å². The molecule has 0 unspecified atom stereocenters. The van der Waals surface area contributed by atoms with E-state index >= 15 is 0 Å². The molecule has 2 amide bonds. The summed E-state index contributed by atoms with van der Waals surface area (Å²) < 4.78 is 1.10. The van der Waals surface area contributed by atoms with Crippen molar-refractivity contribution in [3.05, 3.63) is 33.8 Å². The Balaban J connectivity index is 1.58. The number of benzene rings is 1. The van der Waals surface area contributed by atoms with Gasteiger partial charge in [0.15, 0.2) is 0 Å². The molecule has 2 aliphatic rings. The van der Waals surface area contributed by atoms with E-state index in [-0.39, 0.29) is 23.8 Å². The predicted molar refractivity (Wildman–Crippen MR) is 88.3 cm³/mol. The van der Waals surface area contributed by atoms with Crippen LogP contribution in [0.3, 0.4) is 0 Å². The maximum atomic E-state index is 12.3. The summed E-state index contributed by atoms with van der Waals surface area (Å²) in [6.45, 7) is 1.75. The fourth-order valence-corrected chi connectivity index (χ4v) is 3.70. The van der Waals surface area contributed by atoms with E-state index in [2.05, 4.69) is 32.6 Å². The first-order valence-electron chi connectivity index (χ1n) is 7.94. The highest BCUT2D eigenvalue weighted by Crippen LogP contribution is 2.35. The molecule has 2 atom stereocenters. The first kappa shape index (κ1) is 15.5. The molecule has 0 bridgehead atoms. The Bertz CT molecular complexity index is 598. The summed E-state index contributed by atoms with van der Waals surface area (Å²) in [6.07, 6.45) is 4.89. The molecule has 0 saturated heterocycles. The van der Waals surface area contributed by atoms with Crippen LogP contribution in [0, 0.1) is 5.92 Å². The lowest BCUT2D eigenvalue weighted by Crippen LogP contribution is -2.48. The van der Waals surface area contributed by atoms with E-state index in [0.29, 0.717) is 0 Å². The van der Waals surface area contributed by atoms with Crippen molar-refractivity contribution in [3.8, 4) is 0 Å². The monoisotopic (exact) mass is 364 g/mol. The maximum Gasteiger partial charge on any atom is 0.242 e. The third-order valence-electron chi connectivity index (χ3n) is 4.76. The minimum absolute atomic E-state index is 0.0171. The molecule has 1 aromatic rings. The van der Waals surface area contributed by atoms with Gasteiger partial charge in [-0.3, -0.25) is 9.59 Å². The zero-order valence-electron chi connectivity index (χ0n) is 12.7. The molecule has 2 aliphatic carbocycles. The average molecular weight is 365 g/mol. The number of hydrogen-bond donors (Lipinski definition) is 2.